The van der Waals surface area contributed by atoms with Gasteiger partial charge >= 0.3 is 0 Å². The predicted molar refractivity (Wildman–Crippen MR) is 101 cm³/mol. The van der Waals surface area contributed by atoms with Crippen LogP contribution in [0, 0.1) is 0 Å². The van der Waals surface area contributed by atoms with Crippen molar-refractivity contribution >= 4 is 41.1 Å². The highest BCUT2D eigenvalue weighted by atomic mass is 35.5. The van der Waals surface area contributed by atoms with Crippen molar-refractivity contribution in [2.45, 2.75) is 19.5 Å². The standard InChI is InChI=1S/C19H18Cl2N2O2/c1-13(23-18(24)10-7-14-5-3-2-4-6-14)19(25)22-12-15-8-9-16(20)11-17(15)21/h2-11,13H,12H2,1H3,(H,22,25)(H,23,24)/b10-7+. The van der Waals surface area contributed by atoms with Gasteiger partial charge in [-0.2, -0.15) is 0 Å². The average Bonchev–Trinajstić information content (AvgIpc) is 2.60. The van der Waals surface area contributed by atoms with Crippen molar-refractivity contribution in [3.63, 3.8) is 0 Å². The maximum atomic E-state index is 12.1. The smallest absolute Gasteiger partial charge is 0.244 e. The predicted octanol–water partition coefficient (Wildman–Crippen LogP) is 3.83. The van der Waals surface area contributed by atoms with E-state index in [0.717, 1.165) is 11.1 Å². The molecule has 130 valence electrons. The molecule has 0 fully saturated rings. The highest BCUT2D eigenvalue weighted by molar-refractivity contribution is 6.35. The minimum atomic E-state index is -0.668. The van der Waals surface area contributed by atoms with Gasteiger partial charge in [0, 0.05) is 22.7 Å². The van der Waals surface area contributed by atoms with Crippen LogP contribution in [0.4, 0.5) is 0 Å². The zero-order valence-corrected chi connectivity index (χ0v) is 15.1. The number of nitrogens with one attached hydrogen (secondary N) is 2. The molecule has 2 N–H and O–H groups in total. The van der Waals surface area contributed by atoms with Crippen molar-refractivity contribution in [1.29, 1.82) is 0 Å². The van der Waals surface area contributed by atoms with Gasteiger partial charge in [-0.25, -0.2) is 0 Å². The number of benzene rings is 2. The van der Waals surface area contributed by atoms with Crippen LogP contribution >= 0.6 is 23.2 Å². The topological polar surface area (TPSA) is 58.2 Å². The van der Waals surface area contributed by atoms with E-state index in [9.17, 15) is 9.59 Å². The van der Waals surface area contributed by atoms with Gasteiger partial charge in [0.15, 0.2) is 0 Å². The Balaban J connectivity index is 1.83. The molecule has 25 heavy (non-hydrogen) atoms. The van der Waals surface area contributed by atoms with E-state index in [0.29, 0.717) is 10.0 Å². The summed E-state index contributed by atoms with van der Waals surface area (Å²) in [6.07, 6.45) is 3.09. The summed E-state index contributed by atoms with van der Waals surface area (Å²) in [7, 11) is 0. The molecule has 0 aliphatic carbocycles. The minimum absolute atomic E-state index is 0.259. The fourth-order valence-corrected chi connectivity index (χ4v) is 2.54. The second kappa shape index (κ2) is 9.25. The molecule has 0 spiro atoms. The Bertz CT molecular complexity index is 776. The van der Waals surface area contributed by atoms with Crippen LogP contribution in [-0.2, 0) is 16.1 Å². The van der Waals surface area contributed by atoms with Crippen molar-refractivity contribution < 1.29 is 9.59 Å². The van der Waals surface area contributed by atoms with Gasteiger partial charge in [0.2, 0.25) is 11.8 Å². The molecule has 2 aromatic rings. The first-order valence-electron chi connectivity index (χ1n) is 7.71. The summed E-state index contributed by atoms with van der Waals surface area (Å²) in [5.74, 6) is -0.636. The fourth-order valence-electron chi connectivity index (χ4n) is 2.06. The van der Waals surface area contributed by atoms with Crippen LogP contribution < -0.4 is 10.6 Å². The van der Waals surface area contributed by atoms with Gasteiger partial charge in [0.1, 0.15) is 6.04 Å². The Hall–Kier alpha value is -2.30. The molecule has 0 heterocycles. The Morgan fingerprint density at radius 1 is 1.12 bits per heavy atom. The molecule has 0 aliphatic rings. The number of hydrogen-bond donors (Lipinski definition) is 2. The van der Waals surface area contributed by atoms with Crippen LogP contribution in [0.15, 0.2) is 54.6 Å². The third kappa shape index (κ3) is 6.25. The lowest BCUT2D eigenvalue weighted by Crippen LogP contribution is -2.44. The molecule has 2 amide bonds. The first kappa shape index (κ1) is 19.0. The molecular weight excluding hydrogens is 359 g/mol. The quantitative estimate of drug-likeness (QED) is 0.752. The van der Waals surface area contributed by atoms with Crippen molar-refractivity contribution in [3.05, 3.63) is 75.8 Å². The maximum absolute atomic E-state index is 12.1. The van der Waals surface area contributed by atoms with Crippen LogP contribution in [0.5, 0.6) is 0 Å². The third-order valence-electron chi connectivity index (χ3n) is 3.45. The van der Waals surface area contributed by atoms with Gasteiger partial charge in [-0.1, -0.05) is 59.6 Å². The third-order valence-corrected chi connectivity index (χ3v) is 4.03. The number of hydrogen-bond acceptors (Lipinski definition) is 2. The highest BCUT2D eigenvalue weighted by Gasteiger charge is 2.14. The van der Waals surface area contributed by atoms with Crippen molar-refractivity contribution in [2.75, 3.05) is 0 Å². The molecule has 0 bridgehead atoms. The summed E-state index contributed by atoms with van der Waals surface area (Å²) in [4.78, 5) is 24.0. The maximum Gasteiger partial charge on any atom is 0.244 e. The van der Waals surface area contributed by atoms with E-state index in [4.69, 9.17) is 23.2 Å². The number of carbonyl (C=O) groups is 2. The molecule has 1 unspecified atom stereocenters. The molecule has 6 heteroatoms. The lowest BCUT2D eigenvalue weighted by Gasteiger charge is -2.13. The largest absolute Gasteiger partial charge is 0.350 e. The summed E-state index contributed by atoms with van der Waals surface area (Å²) in [5, 5.41) is 6.37. The van der Waals surface area contributed by atoms with E-state index in [1.165, 1.54) is 6.08 Å². The minimum Gasteiger partial charge on any atom is -0.350 e. The van der Waals surface area contributed by atoms with Gasteiger partial charge in [0.05, 0.1) is 0 Å². The van der Waals surface area contributed by atoms with Crippen molar-refractivity contribution in [3.8, 4) is 0 Å². The molecule has 0 aromatic heterocycles. The van der Waals surface area contributed by atoms with Crippen LogP contribution in [0.25, 0.3) is 6.08 Å². The Morgan fingerprint density at radius 2 is 1.84 bits per heavy atom. The first-order valence-corrected chi connectivity index (χ1v) is 8.46. The monoisotopic (exact) mass is 376 g/mol. The average molecular weight is 377 g/mol. The second-order valence-electron chi connectivity index (χ2n) is 5.43. The summed E-state index contributed by atoms with van der Waals surface area (Å²) >= 11 is 11.9. The summed E-state index contributed by atoms with van der Waals surface area (Å²) in [6, 6.07) is 13.8. The van der Waals surface area contributed by atoms with E-state index in [-0.39, 0.29) is 18.4 Å². The van der Waals surface area contributed by atoms with E-state index in [1.54, 1.807) is 31.2 Å². The van der Waals surface area contributed by atoms with E-state index < -0.39 is 6.04 Å². The van der Waals surface area contributed by atoms with Crippen molar-refractivity contribution in [1.82, 2.24) is 10.6 Å². The number of halogens is 2. The molecule has 2 rings (SSSR count). The summed E-state index contributed by atoms with van der Waals surface area (Å²) < 4.78 is 0. The molecular formula is C19H18Cl2N2O2. The van der Waals surface area contributed by atoms with Gasteiger partial charge < -0.3 is 10.6 Å². The van der Waals surface area contributed by atoms with Gasteiger partial charge in [-0.15, -0.1) is 0 Å². The molecule has 4 nitrogen and oxygen atoms in total. The van der Waals surface area contributed by atoms with Gasteiger partial charge in [-0.05, 0) is 36.3 Å². The Kier molecular flexibility index (Phi) is 7.04. The Morgan fingerprint density at radius 3 is 2.52 bits per heavy atom. The molecule has 2 aromatic carbocycles. The molecule has 0 saturated heterocycles. The number of rotatable bonds is 6. The number of amides is 2. The van der Waals surface area contributed by atoms with Crippen LogP contribution in [0.2, 0.25) is 10.0 Å². The molecule has 0 aliphatic heterocycles. The normalized spacial score (nSPS) is 12.0. The first-order chi connectivity index (χ1) is 12.0. The van der Waals surface area contributed by atoms with Gasteiger partial charge in [-0.3, -0.25) is 9.59 Å². The molecule has 0 saturated carbocycles. The summed E-state index contributed by atoms with van der Waals surface area (Å²) in [6.45, 7) is 1.88. The van der Waals surface area contributed by atoms with E-state index in [2.05, 4.69) is 10.6 Å². The zero-order valence-electron chi connectivity index (χ0n) is 13.6. The SMILES string of the molecule is CC(NC(=O)/C=C/c1ccccc1)C(=O)NCc1ccc(Cl)cc1Cl. The summed E-state index contributed by atoms with van der Waals surface area (Å²) in [5.41, 5.74) is 1.66. The Labute approximate surface area is 156 Å². The van der Waals surface area contributed by atoms with Crippen LogP contribution in [0.3, 0.4) is 0 Å². The lowest BCUT2D eigenvalue weighted by atomic mass is 10.2. The van der Waals surface area contributed by atoms with Gasteiger partial charge in [0.25, 0.3) is 0 Å². The van der Waals surface area contributed by atoms with Crippen molar-refractivity contribution in [2.24, 2.45) is 0 Å². The van der Waals surface area contributed by atoms with E-state index in [1.807, 2.05) is 30.3 Å². The highest BCUT2D eigenvalue weighted by Crippen LogP contribution is 2.20. The zero-order chi connectivity index (χ0) is 18.2. The van der Waals surface area contributed by atoms with E-state index >= 15 is 0 Å². The number of carbonyl (C=O) groups excluding carboxylic acids is 2. The van der Waals surface area contributed by atoms with Crippen LogP contribution in [0.1, 0.15) is 18.1 Å². The second-order valence-corrected chi connectivity index (χ2v) is 6.27. The fraction of sp³-hybridized carbons (Fsp3) is 0.158. The molecule has 1 atom stereocenters. The molecule has 0 radical (unpaired) electrons. The van der Waals surface area contributed by atoms with Crippen LogP contribution in [-0.4, -0.2) is 17.9 Å². The lowest BCUT2D eigenvalue weighted by molar-refractivity contribution is -0.126.